The number of nitrogens with zero attached hydrogens (tertiary/aromatic N) is 1. The van der Waals surface area contributed by atoms with Crippen LogP contribution in [0.3, 0.4) is 0 Å². The fraction of sp³-hybridized carbons (Fsp3) is 0.647. The van der Waals surface area contributed by atoms with Gasteiger partial charge in [0.2, 0.25) is 0 Å². The van der Waals surface area contributed by atoms with Crippen LogP contribution in [0.2, 0.25) is 0 Å². The van der Waals surface area contributed by atoms with Crippen molar-refractivity contribution >= 4 is 0 Å². The molecule has 3 heteroatoms. The zero-order chi connectivity index (χ0) is 14.5. The number of methoxy groups -OCH3 is 1. The van der Waals surface area contributed by atoms with Crippen LogP contribution in [0.15, 0.2) is 24.3 Å². The minimum Gasteiger partial charge on any atom is -0.497 e. The molecule has 1 aromatic rings. The predicted octanol–water partition coefficient (Wildman–Crippen LogP) is 3.24. The van der Waals surface area contributed by atoms with E-state index >= 15 is 0 Å². The van der Waals surface area contributed by atoms with Gasteiger partial charge in [-0.2, -0.15) is 0 Å². The van der Waals surface area contributed by atoms with E-state index in [2.05, 4.69) is 18.9 Å². The molecule has 2 rings (SSSR count). The Hall–Kier alpha value is -1.06. The highest BCUT2D eigenvalue weighted by Gasteiger charge is 2.23. The van der Waals surface area contributed by atoms with E-state index in [4.69, 9.17) is 4.74 Å². The lowest BCUT2D eigenvalue weighted by molar-refractivity contribution is 0.0831. The van der Waals surface area contributed by atoms with Gasteiger partial charge in [-0.25, -0.2) is 0 Å². The summed E-state index contributed by atoms with van der Waals surface area (Å²) in [6, 6.07) is 8.32. The van der Waals surface area contributed by atoms with E-state index in [-0.39, 0.29) is 0 Å². The molecule has 3 nitrogen and oxygen atoms in total. The Morgan fingerprint density at radius 1 is 1.30 bits per heavy atom. The maximum absolute atomic E-state index is 10.4. The smallest absolute Gasteiger partial charge is 0.118 e. The molecule has 20 heavy (non-hydrogen) atoms. The summed E-state index contributed by atoms with van der Waals surface area (Å²) in [5, 5.41) is 10.4. The highest BCUT2D eigenvalue weighted by atomic mass is 16.5. The molecule has 0 aromatic heterocycles. The van der Waals surface area contributed by atoms with Crippen molar-refractivity contribution in [2.24, 2.45) is 5.92 Å². The Morgan fingerprint density at radius 2 is 2.00 bits per heavy atom. The van der Waals surface area contributed by atoms with Crippen LogP contribution in [0.4, 0.5) is 0 Å². The van der Waals surface area contributed by atoms with Gasteiger partial charge in [0, 0.05) is 12.6 Å². The van der Waals surface area contributed by atoms with Gasteiger partial charge in [0.1, 0.15) is 5.75 Å². The van der Waals surface area contributed by atoms with E-state index in [0.717, 1.165) is 17.2 Å². The SMILES string of the molecule is COc1ccc(C(O)CN(C)C2CCCC(C)C2)cc1. The van der Waals surface area contributed by atoms with Gasteiger partial charge in [-0.3, -0.25) is 0 Å². The van der Waals surface area contributed by atoms with E-state index in [0.29, 0.717) is 12.6 Å². The standard InChI is InChI=1S/C17H27NO2/c1-13-5-4-6-15(11-13)18(2)12-17(19)14-7-9-16(20-3)10-8-14/h7-10,13,15,17,19H,4-6,11-12H2,1-3H3. The second-order valence-electron chi connectivity index (χ2n) is 6.15. The van der Waals surface area contributed by atoms with Crippen LogP contribution in [-0.2, 0) is 0 Å². The molecular formula is C17H27NO2. The number of likely N-dealkylation sites (N-methyl/N-ethyl adjacent to an activating group) is 1. The minimum atomic E-state index is -0.428. The van der Waals surface area contributed by atoms with Crippen LogP contribution < -0.4 is 4.74 Å². The largest absolute Gasteiger partial charge is 0.497 e. The van der Waals surface area contributed by atoms with Crippen molar-refractivity contribution in [3.05, 3.63) is 29.8 Å². The molecule has 0 amide bonds. The zero-order valence-electron chi connectivity index (χ0n) is 12.9. The summed E-state index contributed by atoms with van der Waals surface area (Å²) in [4.78, 5) is 2.32. The van der Waals surface area contributed by atoms with Gasteiger partial charge >= 0.3 is 0 Å². The van der Waals surface area contributed by atoms with Gasteiger partial charge < -0.3 is 14.7 Å². The molecule has 0 spiro atoms. The molecule has 1 aromatic carbocycles. The maximum Gasteiger partial charge on any atom is 0.118 e. The summed E-state index contributed by atoms with van der Waals surface area (Å²) >= 11 is 0. The molecule has 1 aliphatic carbocycles. The average molecular weight is 277 g/mol. The van der Waals surface area contributed by atoms with Crippen LogP contribution in [0.1, 0.15) is 44.3 Å². The molecule has 1 N–H and O–H groups in total. The van der Waals surface area contributed by atoms with E-state index in [1.165, 1.54) is 25.7 Å². The van der Waals surface area contributed by atoms with Crippen LogP contribution in [0.5, 0.6) is 5.75 Å². The molecule has 112 valence electrons. The van der Waals surface area contributed by atoms with E-state index in [1.54, 1.807) is 7.11 Å². The topological polar surface area (TPSA) is 32.7 Å². The van der Waals surface area contributed by atoms with Crippen LogP contribution in [0, 0.1) is 5.92 Å². The Bertz CT molecular complexity index is 404. The van der Waals surface area contributed by atoms with Crippen LogP contribution >= 0.6 is 0 Å². The average Bonchev–Trinajstić information content (AvgIpc) is 2.47. The number of aliphatic hydroxyl groups is 1. The highest BCUT2D eigenvalue weighted by molar-refractivity contribution is 5.28. The van der Waals surface area contributed by atoms with E-state index < -0.39 is 6.10 Å². The van der Waals surface area contributed by atoms with Crippen molar-refractivity contribution in [1.29, 1.82) is 0 Å². The van der Waals surface area contributed by atoms with E-state index in [1.807, 2.05) is 24.3 Å². The van der Waals surface area contributed by atoms with Crippen LogP contribution in [0.25, 0.3) is 0 Å². The fourth-order valence-corrected chi connectivity index (χ4v) is 3.16. The third-order valence-corrected chi connectivity index (χ3v) is 4.49. The van der Waals surface area contributed by atoms with Gasteiger partial charge in [-0.05, 0) is 43.5 Å². The first-order valence-corrected chi connectivity index (χ1v) is 7.62. The third-order valence-electron chi connectivity index (χ3n) is 4.49. The second-order valence-corrected chi connectivity index (χ2v) is 6.15. The van der Waals surface area contributed by atoms with Crippen molar-refractivity contribution < 1.29 is 9.84 Å². The summed E-state index contributed by atoms with van der Waals surface area (Å²) in [7, 11) is 3.79. The van der Waals surface area contributed by atoms with Crippen molar-refractivity contribution in [1.82, 2.24) is 4.90 Å². The lowest BCUT2D eigenvalue weighted by Crippen LogP contribution is -2.38. The maximum atomic E-state index is 10.4. The normalized spacial score (nSPS) is 24.6. The van der Waals surface area contributed by atoms with Gasteiger partial charge in [0.05, 0.1) is 13.2 Å². The molecule has 1 aliphatic rings. The van der Waals surface area contributed by atoms with Crippen molar-refractivity contribution in [2.75, 3.05) is 20.7 Å². The van der Waals surface area contributed by atoms with Gasteiger partial charge in [-0.15, -0.1) is 0 Å². The second kappa shape index (κ2) is 7.09. The number of benzene rings is 1. The molecule has 3 atom stereocenters. The molecular weight excluding hydrogens is 250 g/mol. The minimum absolute atomic E-state index is 0.428. The summed E-state index contributed by atoms with van der Waals surface area (Å²) < 4.78 is 5.14. The van der Waals surface area contributed by atoms with Gasteiger partial charge in [0.15, 0.2) is 0 Å². The first-order chi connectivity index (χ1) is 9.60. The first-order valence-electron chi connectivity index (χ1n) is 7.62. The van der Waals surface area contributed by atoms with Gasteiger partial charge in [0.25, 0.3) is 0 Å². The molecule has 0 aliphatic heterocycles. The Labute approximate surface area is 122 Å². The summed E-state index contributed by atoms with van der Waals surface area (Å²) in [5.41, 5.74) is 0.960. The van der Waals surface area contributed by atoms with Crippen molar-refractivity contribution in [3.8, 4) is 5.75 Å². The third kappa shape index (κ3) is 3.97. The quantitative estimate of drug-likeness (QED) is 0.897. The lowest BCUT2D eigenvalue weighted by atomic mass is 9.86. The Balaban J connectivity index is 1.90. The number of hydrogen-bond donors (Lipinski definition) is 1. The van der Waals surface area contributed by atoms with Crippen molar-refractivity contribution in [3.63, 3.8) is 0 Å². The number of ether oxygens (including phenoxy) is 1. The Morgan fingerprint density at radius 3 is 2.60 bits per heavy atom. The van der Waals surface area contributed by atoms with E-state index in [9.17, 15) is 5.11 Å². The number of hydrogen-bond acceptors (Lipinski definition) is 3. The number of rotatable bonds is 5. The van der Waals surface area contributed by atoms with Gasteiger partial charge in [-0.1, -0.05) is 31.9 Å². The lowest BCUT2D eigenvalue weighted by Gasteiger charge is -2.35. The molecule has 0 saturated heterocycles. The molecule has 0 radical (unpaired) electrons. The molecule has 0 heterocycles. The number of aliphatic hydroxyl groups excluding tert-OH is 1. The monoisotopic (exact) mass is 277 g/mol. The summed E-state index contributed by atoms with van der Waals surface area (Å²) in [6.45, 7) is 3.03. The summed E-state index contributed by atoms with van der Waals surface area (Å²) in [6.07, 6.45) is 4.76. The summed E-state index contributed by atoms with van der Waals surface area (Å²) in [5.74, 6) is 1.64. The first kappa shape index (κ1) is 15.3. The molecule has 3 unspecified atom stereocenters. The predicted molar refractivity (Wildman–Crippen MR) is 82.0 cm³/mol. The molecule has 1 fully saturated rings. The molecule has 1 saturated carbocycles. The molecule has 0 bridgehead atoms. The zero-order valence-corrected chi connectivity index (χ0v) is 12.9. The highest BCUT2D eigenvalue weighted by Crippen LogP contribution is 2.28. The van der Waals surface area contributed by atoms with Crippen molar-refractivity contribution in [2.45, 2.75) is 44.8 Å². The fourth-order valence-electron chi connectivity index (χ4n) is 3.16. The Kier molecular flexibility index (Phi) is 5.44. The van der Waals surface area contributed by atoms with Crippen LogP contribution in [-0.4, -0.2) is 36.8 Å².